The molecule has 3 aliphatic rings. The average molecular weight is 1790 g/mol. The van der Waals surface area contributed by atoms with Gasteiger partial charge in [-0.3, -0.25) is 63.0 Å². The van der Waals surface area contributed by atoms with Crippen molar-refractivity contribution in [1.29, 1.82) is 0 Å². The van der Waals surface area contributed by atoms with E-state index < -0.39 is 11.9 Å². The van der Waals surface area contributed by atoms with E-state index in [0.29, 0.717) is 168 Å². The molecule has 31 heteroatoms. The number of amides is 6. The number of phenols is 3. The van der Waals surface area contributed by atoms with E-state index in [4.69, 9.17) is 64.0 Å². The Hall–Kier alpha value is -15.6. The van der Waals surface area contributed by atoms with Gasteiger partial charge in [-0.15, -0.1) is 0 Å². The standard InChI is InChI=1S/C34H35N3O3.C20H21NO5.C20H17NO5.C9H10O3.C8H10O3.C7H6O3.2CO2/c38-33-31-17-1-2-18-32(31)34(39)37(33)21-7-8-22-40-30-24-26(11-9-15-28-13-3-5-19-35-28)23-27(25-30)12-10-16-29-14-4-6-20-36-29;2*22-12-14-9-15(13-23)11-16(10-14)26-8-4-3-7-21-19(24)17-5-1-2-6-18(17)20(21)25;1-6-3-7(9(11)12-2)5-8(10)4-6;9-4-6-1-7(5-10)3-8(11)2-6;8-6-3-1-2-5(4-6)7(9)10;2*2-1-3/h1-6,13-14,17-20,23-25H,7-12,15-16,21-22H2;1-2,5-6,9-11,22-23H,3-4,7-8,12-13H2;1-2,5-6,9-13H,3-4,7-8H2;3-5,10H,1-2H3;1-3,9-11H,4-5H2;1-4,8H,(H,9,10);;. The fourth-order valence-corrected chi connectivity index (χ4v) is 13.6. The summed E-state index contributed by atoms with van der Waals surface area (Å²) in [6, 6.07) is 63.8. The largest absolute Gasteiger partial charge is 0.508 e. The first-order valence-corrected chi connectivity index (χ1v) is 41.4. The fourth-order valence-electron chi connectivity index (χ4n) is 13.6. The number of unbranched alkanes of at least 4 members (excludes halogenated alkanes) is 3. The molecule has 6 amide bonds. The Labute approximate surface area is 754 Å². The minimum atomic E-state index is -1.03. The molecule has 0 spiro atoms. The number of carbonyl (C=O) groups excluding carboxylic acids is 13. The molecule has 31 nitrogen and oxygen atoms in total. The van der Waals surface area contributed by atoms with E-state index >= 15 is 0 Å². The number of methoxy groups -OCH3 is 1. The van der Waals surface area contributed by atoms with Crippen LogP contribution in [-0.2, 0) is 76.0 Å². The van der Waals surface area contributed by atoms with Crippen LogP contribution < -0.4 is 14.2 Å². The molecule has 0 fully saturated rings. The summed E-state index contributed by atoms with van der Waals surface area (Å²) in [5, 5.41) is 71.2. The zero-order chi connectivity index (χ0) is 95.0. The monoisotopic (exact) mass is 1790 g/mol. The number of carbonyl (C=O) groups is 10. The molecule has 8 N–H and O–H groups in total. The maximum absolute atomic E-state index is 12.6. The van der Waals surface area contributed by atoms with Crippen molar-refractivity contribution in [3.63, 3.8) is 0 Å². The highest BCUT2D eigenvalue weighted by Crippen LogP contribution is 2.29. The van der Waals surface area contributed by atoms with E-state index in [1.165, 1.54) is 81.5 Å². The van der Waals surface area contributed by atoms with E-state index in [0.717, 1.165) is 67.6 Å². The second kappa shape index (κ2) is 55.1. The van der Waals surface area contributed by atoms with Crippen molar-refractivity contribution in [2.75, 3.05) is 46.6 Å². The Balaban J connectivity index is 0.000000227. The molecule has 0 aliphatic carbocycles. The smallest absolute Gasteiger partial charge is 0.373 e. The SMILES string of the molecule is COC(=O)c1cc(C)cc(O)c1.O=C(O)c1cccc(O)c1.O=C1c2ccccc2C(=O)N1CCCCOc1cc(CCCc2ccccn2)cc(CCCc2ccccn2)c1.O=C1c2ccccc2C(=O)N1CCCCOc1cc(CO)cc(CO)c1.O=C=O.O=C=O.O=Cc1cc(C=O)cc(OCCCCN2C(=O)c3ccccc3C2=O)c1.OCc1cc(O)cc(CO)c1. The minimum Gasteiger partial charge on any atom is -0.508 e. The maximum atomic E-state index is 12.6. The number of rotatable bonds is 34. The highest BCUT2D eigenvalue weighted by atomic mass is 16.5. The first kappa shape index (κ1) is 102. The zero-order valence-electron chi connectivity index (χ0n) is 71.9. The predicted octanol–water partition coefficient (Wildman–Crippen LogP) is 13.0. The number of ether oxygens (including phenoxy) is 4. The Kier molecular flexibility index (Phi) is 43.1. The predicted molar refractivity (Wildman–Crippen MR) is 473 cm³/mol. The van der Waals surface area contributed by atoms with Crippen molar-refractivity contribution >= 4 is 72.3 Å². The van der Waals surface area contributed by atoms with Gasteiger partial charge in [0, 0.05) is 54.5 Å². The number of aliphatic hydroxyl groups excluding tert-OH is 4. The number of imide groups is 3. The molecule has 5 heterocycles. The van der Waals surface area contributed by atoms with Gasteiger partial charge >= 0.3 is 24.2 Å². The lowest BCUT2D eigenvalue weighted by Gasteiger charge is -2.14. The van der Waals surface area contributed by atoms with Crippen molar-refractivity contribution < 1.29 is 127 Å². The summed E-state index contributed by atoms with van der Waals surface area (Å²) in [6.45, 7) is 3.70. The van der Waals surface area contributed by atoms with Gasteiger partial charge in [0.05, 0.1) is 97.9 Å². The molecule has 0 atom stereocenters. The molecule has 14 rings (SSSR count). The van der Waals surface area contributed by atoms with Crippen LogP contribution in [0, 0.1) is 6.92 Å². The number of phenolic OH excluding ortho intramolecular Hbond substituents is 3. The third-order valence-corrected chi connectivity index (χ3v) is 19.6. The number of aromatic hydroxyl groups is 3. The van der Waals surface area contributed by atoms with Gasteiger partial charge in [-0.05, 0) is 275 Å². The average Bonchev–Trinajstić information content (AvgIpc) is 1.65. The molecule has 0 unspecified atom stereocenters. The first-order chi connectivity index (χ1) is 63.4. The number of carboxylic acids is 1. The van der Waals surface area contributed by atoms with Gasteiger partial charge in [-0.1, -0.05) is 72.8 Å². The number of pyridine rings is 2. The molecule has 680 valence electrons. The Morgan fingerprint density at radius 2 is 0.687 bits per heavy atom. The number of hydrogen-bond acceptors (Lipinski definition) is 27. The molecule has 9 aromatic carbocycles. The number of hydrogen-bond donors (Lipinski definition) is 8. The molecule has 0 bridgehead atoms. The number of aromatic nitrogens is 2. The summed E-state index contributed by atoms with van der Waals surface area (Å²) in [7, 11) is 1.31. The third-order valence-electron chi connectivity index (χ3n) is 19.6. The molecular formula is C100H99N5O26. The highest BCUT2D eigenvalue weighted by molar-refractivity contribution is 6.23. The number of aldehydes is 2. The number of aromatic carboxylic acids is 1. The normalized spacial score (nSPS) is 11.5. The van der Waals surface area contributed by atoms with E-state index in [2.05, 4.69) is 45.0 Å². The van der Waals surface area contributed by atoms with Gasteiger partial charge < -0.3 is 59.8 Å². The summed E-state index contributed by atoms with van der Waals surface area (Å²) in [6.07, 6.45) is 15.3. The second-order valence-corrected chi connectivity index (χ2v) is 29.2. The number of esters is 1. The number of aryl methyl sites for hydroxylation is 5. The number of fused-ring (bicyclic) bond motifs is 3. The number of nitrogens with zero attached hydrogens (tertiary/aromatic N) is 5. The fraction of sp³-hybridized carbons (Fsp3) is 0.240. The molecule has 3 aliphatic heterocycles. The zero-order valence-corrected chi connectivity index (χ0v) is 71.9. The van der Waals surface area contributed by atoms with Crippen molar-refractivity contribution in [2.24, 2.45) is 0 Å². The van der Waals surface area contributed by atoms with Crippen LogP contribution in [-0.4, -0.2) is 184 Å². The maximum Gasteiger partial charge on any atom is 0.373 e. The lowest BCUT2D eigenvalue weighted by molar-refractivity contribution is -0.193. The van der Waals surface area contributed by atoms with Gasteiger partial charge in [0.1, 0.15) is 47.1 Å². The molecular weight excluding hydrogens is 1690 g/mol. The van der Waals surface area contributed by atoms with E-state index in [9.17, 15) is 58.2 Å². The summed E-state index contributed by atoms with van der Waals surface area (Å²) in [5.74, 6) is -0.847. The summed E-state index contributed by atoms with van der Waals surface area (Å²) < 4.78 is 21.9. The minimum absolute atomic E-state index is 0.0279. The van der Waals surface area contributed by atoms with Gasteiger partial charge in [0.2, 0.25) is 0 Å². The summed E-state index contributed by atoms with van der Waals surface area (Å²) in [5.41, 5.74) is 12.2. The molecule has 2 aromatic heterocycles. The van der Waals surface area contributed by atoms with Crippen LogP contribution in [0.3, 0.4) is 0 Å². The topological polar surface area (TPSA) is 473 Å². The van der Waals surface area contributed by atoms with Crippen LogP contribution in [0.2, 0.25) is 0 Å². The van der Waals surface area contributed by atoms with Gasteiger partial charge in [0.25, 0.3) is 35.4 Å². The lowest BCUT2D eigenvalue weighted by atomic mass is 10.00. The van der Waals surface area contributed by atoms with Crippen LogP contribution >= 0.6 is 0 Å². The van der Waals surface area contributed by atoms with E-state index in [-0.39, 0.29) is 97.0 Å². The Morgan fingerprint density at radius 1 is 0.359 bits per heavy atom. The van der Waals surface area contributed by atoms with Gasteiger partial charge in [-0.25, -0.2) is 9.59 Å². The van der Waals surface area contributed by atoms with Crippen molar-refractivity contribution in [3.05, 3.63) is 343 Å². The molecule has 131 heavy (non-hydrogen) atoms. The van der Waals surface area contributed by atoms with Crippen molar-refractivity contribution in [1.82, 2.24) is 24.7 Å². The molecule has 11 aromatic rings. The van der Waals surface area contributed by atoms with Crippen LogP contribution in [0.1, 0.15) is 205 Å². The quantitative estimate of drug-likeness (QED) is 0.00803. The number of benzene rings is 9. The Bertz CT molecular complexity index is 5490. The second-order valence-electron chi connectivity index (χ2n) is 29.2. The first-order valence-electron chi connectivity index (χ1n) is 41.4. The third kappa shape index (κ3) is 33.0. The van der Waals surface area contributed by atoms with Crippen LogP contribution in [0.4, 0.5) is 0 Å². The van der Waals surface area contributed by atoms with E-state index in [1.807, 2.05) is 36.7 Å². The highest BCUT2D eigenvalue weighted by Gasteiger charge is 2.37. The van der Waals surface area contributed by atoms with Gasteiger partial charge in [-0.2, -0.15) is 19.2 Å². The molecule has 0 saturated carbocycles. The van der Waals surface area contributed by atoms with Crippen molar-refractivity contribution in [3.8, 4) is 34.5 Å². The number of carboxylic acid groups (broad SMARTS) is 1. The van der Waals surface area contributed by atoms with Crippen molar-refractivity contribution in [2.45, 2.75) is 110 Å². The summed E-state index contributed by atoms with van der Waals surface area (Å²) in [4.78, 5) is 162. The summed E-state index contributed by atoms with van der Waals surface area (Å²) >= 11 is 0. The van der Waals surface area contributed by atoms with E-state index in [1.54, 1.807) is 128 Å². The number of aliphatic hydroxyl groups is 4. The molecule has 0 radical (unpaired) electrons. The van der Waals surface area contributed by atoms with Crippen LogP contribution in [0.5, 0.6) is 34.5 Å². The Morgan fingerprint density at radius 3 is 1.00 bits per heavy atom. The van der Waals surface area contributed by atoms with Gasteiger partial charge in [0.15, 0.2) is 0 Å². The lowest BCUT2D eigenvalue weighted by Crippen LogP contribution is -2.30. The molecule has 0 saturated heterocycles. The van der Waals surface area contributed by atoms with Crippen LogP contribution in [0.25, 0.3) is 0 Å². The van der Waals surface area contributed by atoms with Crippen LogP contribution in [0.15, 0.2) is 237 Å².